The predicted molar refractivity (Wildman–Crippen MR) is 15.2 cm³/mol. The predicted octanol–water partition coefficient (Wildman–Crippen LogP) is -11.7. The van der Waals surface area contributed by atoms with Crippen molar-refractivity contribution in [2.75, 3.05) is 0 Å². The molecule has 0 amide bonds. The molecule has 0 spiro atoms. The summed E-state index contributed by atoms with van der Waals surface area (Å²) in [4.78, 5) is 0. The van der Waals surface area contributed by atoms with Crippen molar-refractivity contribution in [2.24, 2.45) is 0 Å². The Bertz CT molecular complexity index is 15.2. The fourth-order valence-electron chi connectivity index (χ4n) is 0. The molecule has 0 aliphatic heterocycles. The SMILES string of the molecule is Cl.[Ca+2].[Cl-].[Cl-].[H-].[H-].[Na+].[Na+]. The van der Waals surface area contributed by atoms with Crippen LogP contribution in [0.2, 0.25) is 0 Å². The third-order valence-corrected chi connectivity index (χ3v) is 0. The Morgan fingerprint density at radius 1 is 0.833 bits per heavy atom. The second-order valence-corrected chi connectivity index (χ2v) is 0. The van der Waals surface area contributed by atoms with E-state index in [4.69, 9.17) is 0 Å². The van der Waals surface area contributed by atoms with Crippen molar-refractivity contribution >= 4 is 50.1 Å². The van der Waals surface area contributed by atoms with Crippen LogP contribution >= 0.6 is 12.4 Å². The van der Waals surface area contributed by atoms with Gasteiger partial charge in [0.25, 0.3) is 0 Å². The largest absolute Gasteiger partial charge is 2.00 e. The molecule has 0 radical (unpaired) electrons. The second-order valence-electron chi connectivity index (χ2n) is 0. The first-order valence-corrected chi connectivity index (χ1v) is 0. The van der Waals surface area contributed by atoms with Gasteiger partial charge in [-0.2, -0.15) is 0 Å². The van der Waals surface area contributed by atoms with Gasteiger partial charge in [-0.3, -0.25) is 0 Å². The van der Waals surface area contributed by atoms with Crippen LogP contribution in [0, 0.1) is 0 Å². The molecule has 0 aromatic carbocycles. The zero-order chi connectivity index (χ0) is 0. The molecule has 0 rings (SSSR count). The molecule has 28 valence electrons. The fraction of sp³-hybridized carbons (Fsp3) is 0. The summed E-state index contributed by atoms with van der Waals surface area (Å²) < 4.78 is 0. The molecule has 6 heteroatoms. The van der Waals surface area contributed by atoms with Crippen LogP contribution in [0.25, 0.3) is 0 Å². The Morgan fingerprint density at radius 3 is 0.833 bits per heavy atom. The van der Waals surface area contributed by atoms with E-state index in [0.29, 0.717) is 0 Å². The van der Waals surface area contributed by atoms with E-state index in [1.165, 1.54) is 0 Å². The van der Waals surface area contributed by atoms with Gasteiger partial charge in [0.15, 0.2) is 0 Å². The van der Waals surface area contributed by atoms with E-state index in [0.717, 1.165) is 0 Å². The van der Waals surface area contributed by atoms with Gasteiger partial charge in [0.05, 0.1) is 0 Å². The number of rotatable bonds is 0. The second kappa shape index (κ2) is 35.4. The van der Waals surface area contributed by atoms with Crippen molar-refractivity contribution < 1.29 is 86.8 Å². The molecular weight excluding hydrogens is 192 g/mol. The van der Waals surface area contributed by atoms with E-state index in [-0.39, 0.29) is 137 Å². The van der Waals surface area contributed by atoms with Crippen LogP contribution in [0.15, 0.2) is 0 Å². The van der Waals surface area contributed by atoms with Gasteiger partial charge in [-0.15, -0.1) is 12.4 Å². The summed E-state index contributed by atoms with van der Waals surface area (Å²) >= 11 is 0. The summed E-state index contributed by atoms with van der Waals surface area (Å²) in [5.74, 6) is 0. The van der Waals surface area contributed by atoms with E-state index in [1.807, 2.05) is 0 Å². The van der Waals surface area contributed by atoms with Crippen molar-refractivity contribution in [3.63, 3.8) is 0 Å². The smallest absolute Gasteiger partial charge is 1.00 e. The van der Waals surface area contributed by atoms with Gasteiger partial charge in [-0.05, 0) is 0 Å². The molecule has 0 aromatic rings. The van der Waals surface area contributed by atoms with E-state index < -0.39 is 0 Å². The minimum Gasteiger partial charge on any atom is -1.00 e. The molecule has 0 atom stereocenters. The zero-order valence-corrected chi connectivity index (χ0v) is 12.4. The van der Waals surface area contributed by atoms with Crippen molar-refractivity contribution in [1.82, 2.24) is 0 Å². The molecule has 0 saturated carbocycles. The number of hydrogen-bond donors (Lipinski definition) is 0. The minimum absolute atomic E-state index is 0. The molecule has 0 nitrogen and oxygen atoms in total. The van der Waals surface area contributed by atoms with Gasteiger partial charge in [-0.25, -0.2) is 0 Å². The fourth-order valence-corrected chi connectivity index (χ4v) is 0. The van der Waals surface area contributed by atoms with Crippen molar-refractivity contribution in [3.8, 4) is 0 Å². The van der Waals surface area contributed by atoms with E-state index >= 15 is 0 Å². The van der Waals surface area contributed by atoms with Crippen LogP contribution in [-0.2, 0) is 0 Å². The maximum Gasteiger partial charge on any atom is 2.00 e. The molecule has 0 unspecified atom stereocenters. The van der Waals surface area contributed by atoms with Crippen molar-refractivity contribution in [3.05, 3.63) is 0 Å². The summed E-state index contributed by atoms with van der Waals surface area (Å²) in [6.07, 6.45) is 0. The molecule has 0 aliphatic carbocycles. The van der Waals surface area contributed by atoms with E-state index in [2.05, 4.69) is 0 Å². The van der Waals surface area contributed by atoms with Gasteiger partial charge >= 0.3 is 96.9 Å². The minimum atomic E-state index is 0. The third-order valence-electron chi connectivity index (χ3n) is 0. The molecule has 6 heavy (non-hydrogen) atoms. The Kier molecular flexibility index (Phi) is 292. The monoisotopic (exact) mass is 194 g/mol. The summed E-state index contributed by atoms with van der Waals surface area (Å²) in [6, 6.07) is 0. The van der Waals surface area contributed by atoms with Gasteiger partial charge in [0, 0.05) is 0 Å². The number of halogens is 3. The van der Waals surface area contributed by atoms with Gasteiger partial charge < -0.3 is 27.7 Å². The average Bonchev–Trinajstić information content (AvgIpc) is 0. The summed E-state index contributed by atoms with van der Waals surface area (Å²) in [7, 11) is 0. The average molecular weight is 195 g/mol. The van der Waals surface area contributed by atoms with E-state index in [9.17, 15) is 0 Å². The van der Waals surface area contributed by atoms with Gasteiger partial charge in [0.1, 0.15) is 0 Å². The molecular formula is H3CaCl3Na2. The molecule has 0 fully saturated rings. The van der Waals surface area contributed by atoms with Crippen LogP contribution in [0.5, 0.6) is 0 Å². The van der Waals surface area contributed by atoms with Crippen LogP contribution in [0.1, 0.15) is 2.85 Å². The Hall–Kier alpha value is 4.13. The molecule has 0 N–H and O–H groups in total. The maximum absolute atomic E-state index is 0. The van der Waals surface area contributed by atoms with Crippen LogP contribution in [-0.4, -0.2) is 37.7 Å². The zero-order valence-electron chi connectivity index (χ0n) is 5.87. The van der Waals surface area contributed by atoms with Gasteiger partial charge in [0.2, 0.25) is 0 Å². The Labute approximate surface area is 134 Å². The maximum atomic E-state index is 0. The summed E-state index contributed by atoms with van der Waals surface area (Å²) in [5.41, 5.74) is 0. The molecule has 0 aliphatic rings. The van der Waals surface area contributed by atoms with Crippen LogP contribution in [0.3, 0.4) is 0 Å². The Balaban J connectivity index is 0. The Morgan fingerprint density at radius 2 is 0.833 bits per heavy atom. The molecule has 0 heterocycles. The van der Waals surface area contributed by atoms with Crippen molar-refractivity contribution in [2.45, 2.75) is 0 Å². The number of hydrogen-bond acceptors (Lipinski definition) is 0. The normalized spacial score (nSPS) is 0. The first-order valence-electron chi connectivity index (χ1n) is 0. The van der Waals surface area contributed by atoms with Crippen LogP contribution < -0.4 is 83.9 Å². The van der Waals surface area contributed by atoms with Crippen molar-refractivity contribution in [1.29, 1.82) is 0 Å². The summed E-state index contributed by atoms with van der Waals surface area (Å²) in [5, 5.41) is 0. The summed E-state index contributed by atoms with van der Waals surface area (Å²) in [6.45, 7) is 0. The quantitative estimate of drug-likeness (QED) is 0.337. The van der Waals surface area contributed by atoms with E-state index in [1.54, 1.807) is 0 Å². The molecule has 0 saturated heterocycles. The topological polar surface area (TPSA) is 0 Å². The first kappa shape index (κ1) is 49.5. The first-order chi connectivity index (χ1) is 0. The standard InChI is InChI=1S/Ca.3ClH.2Na.2H/h;3*1H;;;;/q+2;;;;2*+1;2*-1/p-2. The third kappa shape index (κ3) is 24.2. The van der Waals surface area contributed by atoms with Gasteiger partial charge in [-0.1, -0.05) is 0 Å². The molecule has 0 bridgehead atoms. The van der Waals surface area contributed by atoms with Crippen LogP contribution in [0.4, 0.5) is 0 Å². The molecule has 0 aromatic heterocycles.